The van der Waals surface area contributed by atoms with Gasteiger partial charge in [0.2, 0.25) is 0 Å². The largest absolute Gasteiger partial charge is 0.494 e. The minimum absolute atomic E-state index is 0.205. The predicted octanol–water partition coefficient (Wildman–Crippen LogP) is 6.70. The molecule has 0 fully saturated rings. The highest BCUT2D eigenvalue weighted by molar-refractivity contribution is 5.74. The lowest BCUT2D eigenvalue weighted by molar-refractivity contribution is -0.141. The summed E-state index contributed by atoms with van der Waals surface area (Å²) in [5, 5.41) is 0. The van der Waals surface area contributed by atoms with Crippen LogP contribution in [0.15, 0.2) is 65.9 Å². The van der Waals surface area contributed by atoms with Crippen LogP contribution in [0.1, 0.15) is 73.5 Å². The highest BCUT2D eigenvalue weighted by atomic mass is 16.5. The number of allylic oxidation sites excluding steroid dienone is 3. The molecule has 0 saturated carbocycles. The van der Waals surface area contributed by atoms with Crippen molar-refractivity contribution in [1.29, 1.82) is 0 Å². The Kier molecular flexibility index (Phi) is 11.1. The van der Waals surface area contributed by atoms with Crippen LogP contribution in [0.5, 0.6) is 5.75 Å². The molecule has 0 saturated heterocycles. The number of ether oxygens (including phenoxy) is 3. The van der Waals surface area contributed by atoms with Crippen LogP contribution >= 0.6 is 0 Å². The summed E-state index contributed by atoms with van der Waals surface area (Å²) in [7, 11) is 0. The number of hydrogen-bond acceptors (Lipinski definition) is 5. The molecule has 0 N–H and O–H groups in total. The maximum absolute atomic E-state index is 10.9. The number of benzene rings is 2. The van der Waals surface area contributed by atoms with Gasteiger partial charge in [-0.3, -0.25) is 9.59 Å². The van der Waals surface area contributed by atoms with Gasteiger partial charge >= 0.3 is 5.97 Å². The van der Waals surface area contributed by atoms with E-state index in [1.807, 2.05) is 12.1 Å². The van der Waals surface area contributed by atoms with E-state index < -0.39 is 0 Å². The summed E-state index contributed by atoms with van der Waals surface area (Å²) in [5.41, 5.74) is 5.41. The summed E-state index contributed by atoms with van der Waals surface area (Å²) in [6.45, 7) is 11.2. The molecular weight excluding hydrogens is 428 g/mol. The van der Waals surface area contributed by atoms with E-state index in [2.05, 4.69) is 58.0 Å². The molecule has 0 amide bonds. The zero-order valence-corrected chi connectivity index (χ0v) is 20.9. The first-order valence-corrected chi connectivity index (χ1v) is 11.8. The number of esters is 1. The van der Waals surface area contributed by atoms with E-state index >= 15 is 0 Å². The van der Waals surface area contributed by atoms with Gasteiger partial charge in [0.25, 0.3) is 0 Å². The first-order chi connectivity index (χ1) is 16.3. The second-order valence-electron chi connectivity index (χ2n) is 8.27. The van der Waals surface area contributed by atoms with E-state index in [1.165, 1.54) is 23.6 Å². The third-order valence-corrected chi connectivity index (χ3v) is 5.69. The smallest absolute Gasteiger partial charge is 0.302 e. The van der Waals surface area contributed by atoms with Gasteiger partial charge in [-0.1, -0.05) is 37.6 Å². The van der Waals surface area contributed by atoms with Crippen LogP contribution in [0.25, 0.3) is 0 Å². The summed E-state index contributed by atoms with van der Waals surface area (Å²) in [6, 6.07) is 13.4. The number of hydrogen-bond donors (Lipinski definition) is 0. The van der Waals surface area contributed by atoms with Gasteiger partial charge < -0.3 is 14.2 Å². The van der Waals surface area contributed by atoms with Crippen molar-refractivity contribution in [3.63, 3.8) is 0 Å². The standard InChI is InChI=1S/C29H36O5/c1-6-9-28(33-17-8-16-32-24(5)31)18-21(2)22(3)29-11-7-10-26(23(29)4)20-34-27-14-12-25(19-30)13-15-27/h7,9-15,18-19,22H,6,8,16-17,20H2,1-5H3/b21-18-,28-9+. The van der Waals surface area contributed by atoms with Crippen molar-refractivity contribution in [3.8, 4) is 5.75 Å². The van der Waals surface area contributed by atoms with Crippen molar-refractivity contribution in [3.05, 3.63) is 88.2 Å². The molecule has 0 spiro atoms. The van der Waals surface area contributed by atoms with Crippen molar-refractivity contribution in [2.75, 3.05) is 13.2 Å². The monoisotopic (exact) mass is 464 g/mol. The van der Waals surface area contributed by atoms with Crippen LogP contribution in [0.4, 0.5) is 0 Å². The Morgan fingerprint density at radius 2 is 1.74 bits per heavy atom. The maximum atomic E-state index is 10.9. The Balaban J connectivity index is 2.06. The van der Waals surface area contributed by atoms with Crippen LogP contribution in [-0.4, -0.2) is 25.5 Å². The minimum Gasteiger partial charge on any atom is -0.494 e. The van der Waals surface area contributed by atoms with Gasteiger partial charge in [-0.25, -0.2) is 0 Å². The average molecular weight is 465 g/mol. The third-order valence-electron chi connectivity index (χ3n) is 5.69. The number of aldehydes is 1. The molecule has 0 aliphatic carbocycles. The molecule has 0 bridgehead atoms. The molecule has 0 radical (unpaired) electrons. The van der Waals surface area contributed by atoms with Crippen LogP contribution < -0.4 is 4.74 Å². The van der Waals surface area contributed by atoms with Gasteiger partial charge in [-0.2, -0.15) is 0 Å². The Bertz CT molecular complexity index is 1000. The van der Waals surface area contributed by atoms with Crippen LogP contribution in [0.3, 0.4) is 0 Å². The van der Waals surface area contributed by atoms with Crippen molar-refractivity contribution in [1.82, 2.24) is 0 Å². The van der Waals surface area contributed by atoms with Gasteiger partial charge in [-0.05, 0) is 73.4 Å². The van der Waals surface area contributed by atoms with Crippen molar-refractivity contribution in [2.24, 2.45) is 0 Å². The Morgan fingerprint density at radius 3 is 2.38 bits per heavy atom. The molecule has 0 aliphatic rings. The SMILES string of the molecule is CC/C=C(\C=C(\C)C(C)c1cccc(COc2ccc(C=O)cc2)c1C)OCCCOC(C)=O. The minimum atomic E-state index is -0.271. The Morgan fingerprint density at radius 1 is 1.03 bits per heavy atom. The second kappa shape index (κ2) is 14.0. The molecule has 2 aromatic carbocycles. The molecule has 1 unspecified atom stereocenters. The first-order valence-electron chi connectivity index (χ1n) is 11.8. The summed E-state index contributed by atoms with van der Waals surface area (Å²) in [4.78, 5) is 21.7. The van der Waals surface area contributed by atoms with Gasteiger partial charge in [0.05, 0.1) is 13.2 Å². The van der Waals surface area contributed by atoms with Gasteiger partial charge in [0.15, 0.2) is 0 Å². The number of rotatable bonds is 13. The second-order valence-corrected chi connectivity index (χ2v) is 8.27. The van der Waals surface area contributed by atoms with E-state index in [9.17, 15) is 9.59 Å². The molecule has 2 aromatic rings. The molecule has 1 atom stereocenters. The van der Waals surface area contributed by atoms with Gasteiger partial charge in [-0.15, -0.1) is 0 Å². The first kappa shape index (κ1) is 26.9. The lowest BCUT2D eigenvalue weighted by atomic mass is 9.88. The molecule has 0 aromatic heterocycles. The van der Waals surface area contributed by atoms with E-state index in [-0.39, 0.29) is 11.9 Å². The fourth-order valence-corrected chi connectivity index (χ4v) is 3.55. The molecule has 0 heterocycles. The molecule has 182 valence electrons. The van der Waals surface area contributed by atoms with Crippen molar-refractivity contribution in [2.45, 2.75) is 60.0 Å². The maximum Gasteiger partial charge on any atom is 0.302 e. The Labute approximate surface area is 203 Å². The van der Waals surface area contributed by atoms with Gasteiger partial charge in [0.1, 0.15) is 24.4 Å². The predicted molar refractivity (Wildman–Crippen MR) is 135 cm³/mol. The zero-order valence-electron chi connectivity index (χ0n) is 20.9. The van der Waals surface area contributed by atoms with Crippen LogP contribution in [-0.2, 0) is 20.9 Å². The van der Waals surface area contributed by atoms with Gasteiger partial charge in [0, 0.05) is 24.8 Å². The summed E-state index contributed by atoms with van der Waals surface area (Å²) < 4.78 is 16.8. The van der Waals surface area contributed by atoms with E-state index in [0.717, 1.165) is 29.8 Å². The molecular formula is C29H36O5. The normalized spacial score (nSPS) is 12.7. The number of carbonyl (C=O) groups excluding carboxylic acids is 2. The van der Waals surface area contributed by atoms with Crippen LogP contribution in [0.2, 0.25) is 0 Å². The molecule has 2 rings (SSSR count). The zero-order chi connectivity index (χ0) is 24.9. The average Bonchev–Trinajstić information content (AvgIpc) is 2.83. The molecule has 5 nitrogen and oxygen atoms in total. The summed E-state index contributed by atoms with van der Waals surface area (Å²) >= 11 is 0. The van der Waals surface area contributed by atoms with E-state index in [4.69, 9.17) is 14.2 Å². The van der Waals surface area contributed by atoms with E-state index in [0.29, 0.717) is 31.8 Å². The lowest BCUT2D eigenvalue weighted by Crippen LogP contribution is -2.06. The Hall–Kier alpha value is -3.34. The summed E-state index contributed by atoms with van der Waals surface area (Å²) in [5.74, 6) is 1.51. The summed E-state index contributed by atoms with van der Waals surface area (Å²) in [6.07, 6.45) is 6.51. The molecule has 5 heteroatoms. The fraction of sp³-hybridized carbons (Fsp3) is 0.379. The highest BCUT2D eigenvalue weighted by Gasteiger charge is 2.14. The van der Waals surface area contributed by atoms with Crippen molar-refractivity contribution < 1.29 is 23.8 Å². The van der Waals surface area contributed by atoms with Crippen molar-refractivity contribution >= 4 is 12.3 Å². The topological polar surface area (TPSA) is 61.8 Å². The lowest BCUT2D eigenvalue weighted by Gasteiger charge is -2.19. The number of carbonyl (C=O) groups is 2. The fourth-order valence-electron chi connectivity index (χ4n) is 3.55. The molecule has 34 heavy (non-hydrogen) atoms. The highest BCUT2D eigenvalue weighted by Crippen LogP contribution is 2.29. The third kappa shape index (κ3) is 8.54. The quantitative estimate of drug-likeness (QED) is 0.108. The van der Waals surface area contributed by atoms with Crippen LogP contribution in [0, 0.1) is 6.92 Å². The van der Waals surface area contributed by atoms with E-state index in [1.54, 1.807) is 12.1 Å². The molecule has 0 aliphatic heterocycles.